The van der Waals surface area contributed by atoms with E-state index in [1.807, 2.05) is 0 Å². The number of hydrogen-bond acceptors (Lipinski definition) is 8. The fraction of sp³-hybridized carbons (Fsp3) is 0.250. The van der Waals surface area contributed by atoms with Gasteiger partial charge in [-0.05, 0) is 38.1 Å². The van der Waals surface area contributed by atoms with E-state index >= 15 is 0 Å². The molecule has 12 heteroatoms. The molecule has 0 fully saturated rings. The van der Waals surface area contributed by atoms with Gasteiger partial charge in [-0.2, -0.15) is 4.99 Å². The van der Waals surface area contributed by atoms with Gasteiger partial charge in [0.15, 0.2) is 14.6 Å². The second-order valence-electron chi connectivity index (χ2n) is 6.80. The lowest BCUT2D eigenvalue weighted by molar-refractivity contribution is -0.385. The minimum absolute atomic E-state index is 0.0520. The first kappa shape index (κ1) is 23.3. The fourth-order valence-electron chi connectivity index (χ4n) is 3.06. The maximum absolute atomic E-state index is 12.9. The molecule has 0 bridgehead atoms. The van der Waals surface area contributed by atoms with Crippen LogP contribution in [0.15, 0.2) is 46.3 Å². The first-order chi connectivity index (χ1) is 15.0. The van der Waals surface area contributed by atoms with Crippen molar-refractivity contribution in [3.8, 4) is 0 Å². The van der Waals surface area contributed by atoms with Gasteiger partial charge in [0.25, 0.3) is 11.6 Å². The number of ether oxygens (including phenoxy) is 1. The third kappa shape index (κ3) is 4.75. The van der Waals surface area contributed by atoms with Gasteiger partial charge in [0.1, 0.15) is 6.54 Å². The minimum Gasteiger partial charge on any atom is -0.465 e. The van der Waals surface area contributed by atoms with Crippen LogP contribution in [0.5, 0.6) is 0 Å². The van der Waals surface area contributed by atoms with Crippen molar-refractivity contribution >= 4 is 49.0 Å². The largest absolute Gasteiger partial charge is 0.465 e. The number of thiazole rings is 1. The molecule has 168 valence electrons. The van der Waals surface area contributed by atoms with E-state index < -0.39 is 26.6 Å². The van der Waals surface area contributed by atoms with Crippen molar-refractivity contribution in [3.05, 3.63) is 62.4 Å². The number of aromatic nitrogens is 1. The van der Waals surface area contributed by atoms with E-state index in [0.29, 0.717) is 10.2 Å². The van der Waals surface area contributed by atoms with Crippen LogP contribution in [0.2, 0.25) is 0 Å². The van der Waals surface area contributed by atoms with Crippen LogP contribution < -0.4 is 4.80 Å². The lowest BCUT2D eigenvalue weighted by Gasteiger charge is -2.06. The van der Waals surface area contributed by atoms with Crippen LogP contribution in [0.25, 0.3) is 10.2 Å². The Kier molecular flexibility index (Phi) is 6.55. The van der Waals surface area contributed by atoms with Gasteiger partial charge in [-0.25, -0.2) is 8.42 Å². The predicted octanol–water partition coefficient (Wildman–Crippen LogP) is 2.63. The molecule has 0 saturated heterocycles. The summed E-state index contributed by atoms with van der Waals surface area (Å²) in [6, 6.07) is 8.49. The summed E-state index contributed by atoms with van der Waals surface area (Å²) in [6.07, 6.45) is 1.08. The van der Waals surface area contributed by atoms with Gasteiger partial charge >= 0.3 is 5.97 Å². The molecule has 1 aromatic heterocycles. The third-order valence-corrected chi connectivity index (χ3v) is 6.76. The van der Waals surface area contributed by atoms with Gasteiger partial charge in [-0.15, -0.1) is 0 Å². The molecule has 0 radical (unpaired) electrons. The number of carbonyl (C=O) groups is 2. The molecule has 3 aromatic rings. The maximum atomic E-state index is 12.9. The number of nitrogens with zero attached hydrogens (tertiary/aromatic N) is 3. The smallest absolute Gasteiger partial charge is 0.326 e. The molecular formula is C20H19N3O7S2. The highest BCUT2D eigenvalue weighted by molar-refractivity contribution is 7.90. The molecule has 3 rings (SSSR count). The number of nitro groups is 1. The molecule has 0 spiro atoms. The van der Waals surface area contributed by atoms with Crippen molar-refractivity contribution < 1.29 is 27.7 Å². The highest BCUT2D eigenvalue weighted by Crippen LogP contribution is 2.24. The number of esters is 1. The van der Waals surface area contributed by atoms with Crippen molar-refractivity contribution in [2.45, 2.75) is 25.3 Å². The van der Waals surface area contributed by atoms with Gasteiger partial charge in [0.2, 0.25) is 0 Å². The van der Waals surface area contributed by atoms with E-state index in [1.165, 1.54) is 47.9 Å². The second-order valence-corrected chi connectivity index (χ2v) is 9.83. The van der Waals surface area contributed by atoms with E-state index in [-0.39, 0.29) is 39.7 Å². The molecule has 1 heterocycles. The summed E-state index contributed by atoms with van der Waals surface area (Å²) in [5.41, 5.74) is 0.511. The van der Waals surface area contributed by atoms with Crippen molar-refractivity contribution in [3.63, 3.8) is 0 Å². The van der Waals surface area contributed by atoms with Crippen molar-refractivity contribution in [1.29, 1.82) is 0 Å². The summed E-state index contributed by atoms with van der Waals surface area (Å²) in [4.78, 5) is 39.9. The topological polar surface area (TPSA) is 138 Å². The van der Waals surface area contributed by atoms with Crippen LogP contribution in [0, 0.1) is 17.0 Å². The lowest BCUT2D eigenvalue weighted by Crippen LogP contribution is -2.23. The van der Waals surface area contributed by atoms with E-state index in [2.05, 4.69) is 4.99 Å². The first-order valence-corrected chi connectivity index (χ1v) is 12.1. The molecule has 1 amide bonds. The van der Waals surface area contributed by atoms with E-state index in [0.717, 1.165) is 17.6 Å². The van der Waals surface area contributed by atoms with Crippen LogP contribution in [0.1, 0.15) is 22.8 Å². The molecular weight excluding hydrogens is 458 g/mol. The Balaban J connectivity index is 2.20. The molecule has 0 unspecified atom stereocenters. The first-order valence-electron chi connectivity index (χ1n) is 9.35. The summed E-state index contributed by atoms with van der Waals surface area (Å²) in [7, 11) is -3.47. The number of amides is 1. The van der Waals surface area contributed by atoms with Gasteiger partial charge in [0.05, 0.1) is 32.2 Å². The Morgan fingerprint density at radius 3 is 2.59 bits per heavy atom. The average molecular weight is 478 g/mol. The summed E-state index contributed by atoms with van der Waals surface area (Å²) in [5, 5.41) is 11.2. The normalized spacial score (nSPS) is 12.2. The average Bonchev–Trinajstić information content (AvgIpc) is 3.03. The summed E-state index contributed by atoms with van der Waals surface area (Å²) in [5.74, 6) is -1.28. The summed E-state index contributed by atoms with van der Waals surface area (Å²) >= 11 is 1.02. The van der Waals surface area contributed by atoms with Crippen molar-refractivity contribution in [1.82, 2.24) is 4.57 Å². The maximum Gasteiger partial charge on any atom is 0.326 e. The molecule has 0 N–H and O–H groups in total. The number of fused-ring (bicyclic) bond motifs is 1. The van der Waals surface area contributed by atoms with Gasteiger partial charge in [0, 0.05) is 17.9 Å². The Labute approximate surface area is 186 Å². The zero-order valence-corrected chi connectivity index (χ0v) is 19.0. The highest BCUT2D eigenvalue weighted by Gasteiger charge is 2.19. The van der Waals surface area contributed by atoms with Gasteiger partial charge < -0.3 is 9.30 Å². The quantitative estimate of drug-likeness (QED) is 0.302. The molecule has 0 atom stereocenters. The van der Waals surface area contributed by atoms with Crippen LogP contribution in [0.3, 0.4) is 0 Å². The third-order valence-electron chi connectivity index (χ3n) is 4.60. The number of rotatable bonds is 6. The molecule has 32 heavy (non-hydrogen) atoms. The van der Waals surface area contributed by atoms with Crippen LogP contribution >= 0.6 is 11.3 Å². The highest BCUT2D eigenvalue weighted by atomic mass is 32.2. The second kappa shape index (κ2) is 9.01. The predicted molar refractivity (Wildman–Crippen MR) is 117 cm³/mol. The van der Waals surface area contributed by atoms with Gasteiger partial charge in [-0.1, -0.05) is 17.4 Å². The Morgan fingerprint density at radius 2 is 1.97 bits per heavy atom. The Hall–Kier alpha value is -3.38. The molecule has 0 aliphatic carbocycles. The fourth-order valence-corrected chi connectivity index (χ4v) is 4.85. The molecule has 0 aliphatic rings. The molecule has 2 aromatic carbocycles. The SMILES string of the molecule is CCOC(=O)Cn1c(=NC(=O)c2cccc([N+](=O)[O-])c2C)sc2cc(S(C)(=O)=O)ccc21. The lowest BCUT2D eigenvalue weighted by atomic mass is 10.1. The monoisotopic (exact) mass is 477 g/mol. The van der Waals surface area contributed by atoms with Crippen molar-refractivity contribution in [2.24, 2.45) is 4.99 Å². The van der Waals surface area contributed by atoms with Crippen LogP contribution in [0.4, 0.5) is 5.69 Å². The van der Waals surface area contributed by atoms with Crippen LogP contribution in [-0.4, -0.2) is 42.6 Å². The van der Waals surface area contributed by atoms with E-state index in [1.54, 1.807) is 6.92 Å². The summed E-state index contributed by atoms with van der Waals surface area (Å²) in [6.45, 7) is 3.04. The van der Waals surface area contributed by atoms with Crippen LogP contribution in [-0.2, 0) is 25.9 Å². The van der Waals surface area contributed by atoms with Gasteiger partial charge in [-0.3, -0.25) is 19.7 Å². The number of hydrogen-bond donors (Lipinski definition) is 0. The van der Waals surface area contributed by atoms with E-state index in [4.69, 9.17) is 4.74 Å². The summed E-state index contributed by atoms with van der Waals surface area (Å²) < 4.78 is 30.8. The number of sulfone groups is 1. The zero-order valence-electron chi connectivity index (χ0n) is 17.4. The zero-order chi connectivity index (χ0) is 23.6. The van der Waals surface area contributed by atoms with Crippen molar-refractivity contribution in [2.75, 3.05) is 12.9 Å². The standard InChI is InChI=1S/C20H19N3O7S2/c1-4-30-18(24)11-22-16-9-8-13(32(3,28)29)10-17(16)31-20(22)21-19(25)14-6-5-7-15(12(14)2)23(26)27/h5-10H,4,11H2,1-3H3. The molecule has 0 saturated carbocycles. The number of nitro benzene ring substituents is 1. The Bertz CT molecular complexity index is 1420. The number of benzene rings is 2. The minimum atomic E-state index is -3.47. The molecule has 0 aliphatic heterocycles. The Morgan fingerprint density at radius 1 is 1.25 bits per heavy atom. The number of carbonyl (C=O) groups excluding carboxylic acids is 2. The van der Waals surface area contributed by atoms with E-state index in [9.17, 15) is 28.1 Å². The molecule has 10 nitrogen and oxygen atoms in total.